The summed E-state index contributed by atoms with van der Waals surface area (Å²) in [4.78, 5) is 12.6. The van der Waals surface area contributed by atoms with E-state index in [-0.39, 0.29) is 0 Å². The molecule has 0 spiro atoms. The van der Waals surface area contributed by atoms with E-state index in [1.165, 1.54) is 22.4 Å². The van der Waals surface area contributed by atoms with Crippen LogP contribution in [0.3, 0.4) is 0 Å². The Balaban J connectivity index is 1.41. The minimum atomic E-state index is 0.617. The molecule has 0 aliphatic carbocycles. The lowest BCUT2D eigenvalue weighted by Gasteiger charge is -2.39. The molecule has 1 aromatic carbocycles. The van der Waals surface area contributed by atoms with E-state index in [0.717, 1.165) is 30.3 Å². The molecule has 5 rings (SSSR count). The van der Waals surface area contributed by atoms with Crippen molar-refractivity contribution in [3.8, 4) is 11.3 Å². The number of hydrogen-bond donors (Lipinski definition) is 0. The van der Waals surface area contributed by atoms with Crippen LogP contribution in [0.25, 0.3) is 16.2 Å². The number of fused-ring (bicyclic) bond motifs is 1. The number of hydrogen-bond acceptors (Lipinski definition) is 4. The number of thiazole rings is 1. The van der Waals surface area contributed by atoms with Gasteiger partial charge < -0.3 is 0 Å². The summed E-state index contributed by atoms with van der Waals surface area (Å²) < 4.78 is 2.25. The zero-order chi connectivity index (χ0) is 17.5. The second kappa shape index (κ2) is 6.34. The summed E-state index contributed by atoms with van der Waals surface area (Å²) in [6, 6.07) is 13.0. The molecule has 1 fully saturated rings. The molecule has 0 atom stereocenters. The van der Waals surface area contributed by atoms with E-state index in [9.17, 15) is 0 Å². The predicted octanol–water partition coefficient (Wildman–Crippen LogP) is 4.37. The number of aryl methyl sites for hydroxylation is 1. The van der Waals surface area contributed by atoms with E-state index in [1.807, 2.05) is 12.4 Å². The summed E-state index contributed by atoms with van der Waals surface area (Å²) in [5.41, 5.74) is 6.28. The number of aromatic nitrogens is 3. The Morgan fingerprint density at radius 3 is 2.62 bits per heavy atom. The molecule has 0 amide bonds. The average Bonchev–Trinajstić information content (AvgIpc) is 3.21. The predicted molar refractivity (Wildman–Crippen MR) is 105 cm³/mol. The fraction of sp³-hybridized carbons (Fsp3) is 0.238. The molecule has 1 aliphatic rings. The topological polar surface area (TPSA) is 33.4 Å². The van der Waals surface area contributed by atoms with Gasteiger partial charge in [-0.15, -0.1) is 11.3 Å². The highest BCUT2D eigenvalue weighted by atomic mass is 32.1. The maximum atomic E-state index is 4.91. The summed E-state index contributed by atoms with van der Waals surface area (Å²) in [7, 11) is 0. The van der Waals surface area contributed by atoms with E-state index < -0.39 is 0 Å². The zero-order valence-corrected chi connectivity index (χ0v) is 15.5. The molecule has 0 unspecified atom stereocenters. The smallest absolute Gasteiger partial charge is 0.194 e. The van der Waals surface area contributed by atoms with E-state index in [2.05, 4.69) is 69.2 Å². The van der Waals surface area contributed by atoms with Crippen molar-refractivity contribution >= 4 is 16.3 Å². The van der Waals surface area contributed by atoms with Gasteiger partial charge >= 0.3 is 0 Å². The summed E-state index contributed by atoms with van der Waals surface area (Å²) in [5.74, 6) is 0.617. The molecule has 4 aromatic rings. The SMILES string of the molecule is Cc1ccc(-c2nc3sccn3c2CN2CC(c3ccncc3)C2)cc1. The van der Waals surface area contributed by atoms with Gasteiger partial charge in [0.15, 0.2) is 4.96 Å². The van der Waals surface area contributed by atoms with Gasteiger partial charge in [0.05, 0.1) is 11.4 Å². The van der Waals surface area contributed by atoms with Crippen LogP contribution in [-0.2, 0) is 6.54 Å². The maximum absolute atomic E-state index is 4.91. The Bertz CT molecular complexity index is 1030. The Morgan fingerprint density at radius 2 is 1.85 bits per heavy atom. The average molecular weight is 360 g/mol. The molecular weight excluding hydrogens is 340 g/mol. The third-order valence-electron chi connectivity index (χ3n) is 5.19. The standard InChI is InChI=1S/C21H20N4S/c1-15-2-4-17(5-3-15)20-19(25-10-11-26-21(25)23-20)14-24-12-18(13-24)16-6-8-22-9-7-16/h2-11,18H,12-14H2,1H3. The van der Waals surface area contributed by atoms with Crippen molar-refractivity contribution in [1.29, 1.82) is 0 Å². The Hall–Kier alpha value is -2.50. The molecule has 1 saturated heterocycles. The minimum Gasteiger partial charge on any atom is -0.296 e. The van der Waals surface area contributed by atoms with Crippen molar-refractivity contribution in [1.82, 2.24) is 19.3 Å². The van der Waals surface area contributed by atoms with Crippen LogP contribution < -0.4 is 0 Å². The third-order valence-corrected chi connectivity index (χ3v) is 5.95. The fourth-order valence-corrected chi connectivity index (χ4v) is 4.42. The highest BCUT2D eigenvalue weighted by Crippen LogP contribution is 2.32. The van der Waals surface area contributed by atoms with Crippen molar-refractivity contribution in [2.45, 2.75) is 19.4 Å². The van der Waals surface area contributed by atoms with Crippen molar-refractivity contribution in [3.63, 3.8) is 0 Å². The molecule has 26 heavy (non-hydrogen) atoms. The summed E-state index contributed by atoms with van der Waals surface area (Å²) in [6.07, 6.45) is 5.92. The Morgan fingerprint density at radius 1 is 1.08 bits per heavy atom. The molecule has 0 bridgehead atoms. The number of benzene rings is 1. The van der Waals surface area contributed by atoms with Gasteiger partial charge in [0, 0.05) is 55.1 Å². The quantitative estimate of drug-likeness (QED) is 0.542. The number of imidazole rings is 1. The molecular formula is C21H20N4S. The minimum absolute atomic E-state index is 0.617. The summed E-state index contributed by atoms with van der Waals surface area (Å²) in [5, 5.41) is 2.11. The first-order valence-electron chi connectivity index (χ1n) is 8.91. The van der Waals surface area contributed by atoms with Gasteiger partial charge in [-0.3, -0.25) is 14.3 Å². The maximum Gasteiger partial charge on any atom is 0.194 e. The molecule has 1 aliphatic heterocycles. The van der Waals surface area contributed by atoms with Crippen LogP contribution in [0, 0.1) is 6.92 Å². The molecule has 130 valence electrons. The van der Waals surface area contributed by atoms with Crippen LogP contribution in [0.15, 0.2) is 60.4 Å². The van der Waals surface area contributed by atoms with Gasteiger partial charge in [-0.25, -0.2) is 4.98 Å². The van der Waals surface area contributed by atoms with Crippen molar-refractivity contribution in [2.75, 3.05) is 13.1 Å². The monoisotopic (exact) mass is 360 g/mol. The molecule has 0 radical (unpaired) electrons. The third kappa shape index (κ3) is 2.73. The highest BCUT2D eigenvalue weighted by Gasteiger charge is 2.29. The molecule has 3 aromatic heterocycles. The largest absolute Gasteiger partial charge is 0.296 e. The van der Waals surface area contributed by atoms with Gasteiger partial charge in [0.25, 0.3) is 0 Å². The van der Waals surface area contributed by atoms with Gasteiger partial charge in [-0.2, -0.15) is 0 Å². The van der Waals surface area contributed by atoms with E-state index in [0.29, 0.717) is 5.92 Å². The second-order valence-electron chi connectivity index (χ2n) is 7.00. The molecule has 4 heterocycles. The lowest BCUT2D eigenvalue weighted by Crippen LogP contribution is -2.44. The summed E-state index contributed by atoms with van der Waals surface area (Å²) in [6.45, 7) is 5.24. The number of nitrogens with zero attached hydrogens (tertiary/aromatic N) is 4. The first-order chi connectivity index (χ1) is 12.8. The lowest BCUT2D eigenvalue weighted by atomic mass is 9.92. The van der Waals surface area contributed by atoms with Gasteiger partial charge in [0.1, 0.15) is 0 Å². The van der Waals surface area contributed by atoms with Crippen LogP contribution in [0.5, 0.6) is 0 Å². The Kier molecular flexibility index (Phi) is 3.84. The van der Waals surface area contributed by atoms with Crippen molar-refractivity contribution in [3.05, 3.63) is 77.2 Å². The van der Waals surface area contributed by atoms with Crippen molar-refractivity contribution < 1.29 is 0 Å². The zero-order valence-electron chi connectivity index (χ0n) is 14.7. The van der Waals surface area contributed by atoms with Gasteiger partial charge in [-0.1, -0.05) is 29.8 Å². The van der Waals surface area contributed by atoms with Gasteiger partial charge in [-0.05, 0) is 24.6 Å². The van der Waals surface area contributed by atoms with Crippen LogP contribution in [0.4, 0.5) is 0 Å². The first kappa shape index (κ1) is 15.7. The lowest BCUT2D eigenvalue weighted by molar-refractivity contribution is 0.138. The van der Waals surface area contributed by atoms with Crippen molar-refractivity contribution in [2.24, 2.45) is 0 Å². The van der Waals surface area contributed by atoms with Crippen LogP contribution in [-0.4, -0.2) is 32.4 Å². The van der Waals surface area contributed by atoms with Crippen LogP contribution in [0.1, 0.15) is 22.7 Å². The molecule has 0 N–H and O–H groups in total. The van der Waals surface area contributed by atoms with Crippen LogP contribution >= 0.6 is 11.3 Å². The van der Waals surface area contributed by atoms with E-state index in [1.54, 1.807) is 11.3 Å². The van der Waals surface area contributed by atoms with E-state index >= 15 is 0 Å². The molecule has 5 heteroatoms. The number of rotatable bonds is 4. The first-order valence-corrected chi connectivity index (χ1v) is 9.79. The summed E-state index contributed by atoms with van der Waals surface area (Å²) >= 11 is 1.70. The highest BCUT2D eigenvalue weighted by molar-refractivity contribution is 7.15. The number of pyridine rings is 1. The Labute approximate surface area is 156 Å². The molecule has 0 saturated carbocycles. The number of likely N-dealkylation sites (tertiary alicyclic amines) is 1. The fourth-order valence-electron chi connectivity index (χ4n) is 3.68. The van der Waals surface area contributed by atoms with E-state index in [4.69, 9.17) is 4.98 Å². The molecule has 4 nitrogen and oxygen atoms in total. The second-order valence-corrected chi connectivity index (χ2v) is 7.87. The van der Waals surface area contributed by atoms with Gasteiger partial charge in [0.2, 0.25) is 0 Å². The van der Waals surface area contributed by atoms with Crippen LogP contribution in [0.2, 0.25) is 0 Å². The normalized spacial score (nSPS) is 15.4.